The van der Waals surface area contributed by atoms with E-state index in [-0.39, 0.29) is 28.8 Å². The lowest BCUT2D eigenvalue weighted by Crippen LogP contribution is -3.00. The van der Waals surface area contributed by atoms with Gasteiger partial charge in [-0.05, 0) is 72.3 Å². The summed E-state index contributed by atoms with van der Waals surface area (Å²) >= 11 is 0. The van der Waals surface area contributed by atoms with Crippen molar-refractivity contribution in [2.24, 2.45) is 0 Å². The van der Waals surface area contributed by atoms with Crippen LogP contribution in [-0.2, 0) is 21.9 Å². The molecule has 0 bridgehead atoms. The molecule has 0 aromatic heterocycles. The molecule has 0 aliphatic carbocycles. The topological polar surface area (TPSA) is 85.9 Å². The second-order valence-corrected chi connectivity index (χ2v) is 30.0. The summed E-state index contributed by atoms with van der Waals surface area (Å²) < 4.78 is 20.7. The van der Waals surface area contributed by atoms with Crippen LogP contribution in [0.5, 0.6) is 0 Å². The fourth-order valence-corrected chi connectivity index (χ4v) is 18.2. The standard InChI is InChI=1S/C23H53N3O5Si4.BrH/c1-21(2)23(28)25-16-14-18-26(3,4)20-22(27)24-17-15-19-35(29-32(5,6)7,30-33(8,9)10)31-34(11,12)13;/h1,14-20H2,2-13H3,(H-,24,25,27,28);1H. The van der Waals surface area contributed by atoms with E-state index in [9.17, 15) is 9.59 Å². The van der Waals surface area contributed by atoms with Crippen LogP contribution in [0.2, 0.25) is 65.0 Å². The first-order valence-electron chi connectivity index (χ1n) is 12.7. The smallest absolute Gasteiger partial charge is 0.469 e. The number of carbonyl (C=O) groups is 2. The van der Waals surface area contributed by atoms with Gasteiger partial charge in [0.25, 0.3) is 5.91 Å². The first kappa shape index (κ1) is 38.0. The van der Waals surface area contributed by atoms with Crippen molar-refractivity contribution in [3.05, 3.63) is 12.2 Å². The van der Waals surface area contributed by atoms with Crippen LogP contribution in [0, 0.1) is 0 Å². The van der Waals surface area contributed by atoms with Crippen LogP contribution in [0.25, 0.3) is 0 Å². The first-order chi connectivity index (χ1) is 15.5. The van der Waals surface area contributed by atoms with E-state index in [1.807, 2.05) is 14.1 Å². The number of nitrogens with one attached hydrogen (secondary N) is 2. The van der Waals surface area contributed by atoms with Crippen LogP contribution in [0.4, 0.5) is 0 Å². The normalized spacial score (nSPS) is 13.1. The van der Waals surface area contributed by atoms with E-state index < -0.39 is 33.8 Å². The molecule has 0 rings (SSSR count). The van der Waals surface area contributed by atoms with E-state index in [2.05, 4.69) is 76.1 Å². The number of halogens is 1. The van der Waals surface area contributed by atoms with Crippen molar-refractivity contribution in [3.63, 3.8) is 0 Å². The Labute approximate surface area is 236 Å². The zero-order chi connectivity index (χ0) is 27.7. The summed E-state index contributed by atoms with van der Waals surface area (Å²) in [5.41, 5.74) is 0.505. The molecule has 0 atom stereocenters. The SMILES string of the molecule is C=C(C)C(=O)NCCC[N+](C)(C)CC(=O)NCCC[Si](O[Si](C)(C)C)(O[Si](C)(C)C)O[Si](C)(C)C.[Br-]. The molecule has 0 aliphatic heterocycles. The van der Waals surface area contributed by atoms with Crippen LogP contribution < -0.4 is 27.6 Å². The number of likely N-dealkylation sites (N-methyl/N-ethyl adjacent to an activating group) is 1. The summed E-state index contributed by atoms with van der Waals surface area (Å²) in [4.78, 5) is 24.2. The molecule has 0 saturated carbocycles. The molecule has 0 aromatic rings. The summed E-state index contributed by atoms with van der Waals surface area (Å²) in [5, 5.41) is 5.92. The van der Waals surface area contributed by atoms with E-state index in [4.69, 9.17) is 12.3 Å². The Hall–Kier alpha value is -0.132. The van der Waals surface area contributed by atoms with E-state index in [1.54, 1.807) is 6.92 Å². The maximum Gasteiger partial charge on any atom is 0.469 e. The van der Waals surface area contributed by atoms with E-state index in [0.717, 1.165) is 19.4 Å². The van der Waals surface area contributed by atoms with E-state index in [1.165, 1.54) is 0 Å². The molecule has 0 fully saturated rings. The second-order valence-electron chi connectivity index (χ2n) is 13.0. The lowest BCUT2D eigenvalue weighted by molar-refractivity contribution is -0.882. The maximum absolute atomic E-state index is 12.6. The van der Waals surface area contributed by atoms with Gasteiger partial charge in [0.1, 0.15) is 0 Å². The Morgan fingerprint density at radius 3 is 1.58 bits per heavy atom. The van der Waals surface area contributed by atoms with Gasteiger partial charge in [-0.25, -0.2) is 0 Å². The van der Waals surface area contributed by atoms with Gasteiger partial charge >= 0.3 is 8.80 Å². The molecule has 8 nitrogen and oxygen atoms in total. The molecule has 0 unspecified atom stereocenters. The van der Waals surface area contributed by atoms with Crippen LogP contribution in [0.15, 0.2) is 12.2 Å². The highest BCUT2D eigenvalue weighted by molar-refractivity contribution is 6.90. The molecule has 0 heterocycles. The predicted octanol–water partition coefficient (Wildman–Crippen LogP) is 1.15. The lowest BCUT2D eigenvalue weighted by Gasteiger charge is -2.43. The fraction of sp³-hybridized carbons (Fsp3) is 0.826. The number of hydrogen-bond donors (Lipinski definition) is 2. The number of rotatable bonds is 17. The summed E-state index contributed by atoms with van der Waals surface area (Å²) in [6.07, 6.45) is 1.56. The van der Waals surface area contributed by atoms with Gasteiger partial charge < -0.3 is 44.4 Å². The van der Waals surface area contributed by atoms with Gasteiger partial charge in [-0.2, -0.15) is 0 Å². The first-order valence-corrected chi connectivity index (χ1v) is 24.8. The number of quaternary nitrogens is 1. The highest BCUT2D eigenvalue weighted by atomic mass is 79.9. The van der Waals surface area contributed by atoms with Crippen molar-refractivity contribution in [1.82, 2.24) is 10.6 Å². The van der Waals surface area contributed by atoms with Crippen LogP contribution in [0.1, 0.15) is 19.8 Å². The van der Waals surface area contributed by atoms with Crippen molar-refractivity contribution in [1.29, 1.82) is 0 Å². The lowest BCUT2D eigenvalue weighted by atomic mass is 10.3. The summed E-state index contributed by atoms with van der Waals surface area (Å²) in [5.74, 6) is -0.0985. The van der Waals surface area contributed by atoms with Crippen LogP contribution in [-0.4, -0.2) is 90.3 Å². The molecular formula is C23H54BrN3O5Si4. The number of carbonyl (C=O) groups excluding carboxylic acids is 2. The summed E-state index contributed by atoms with van der Waals surface area (Å²) in [6, 6.07) is 0.715. The molecule has 0 aromatic carbocycles. The Balaban J connectivity index is 0. The van der Waals surface area contributed by atoms with Gasteiger partial charge in [-0.1, -0.05) is 6.58 Å². The van der Waals surface area contributed by atoms with E-state index in [0.29, 0.717) is 35.7 Å². The average molecular weight is 645 g/mol. The van der Waals surface area contributed by atoms with Crippen LogP contribution in [0.3, 0.4) is 0 Å². The van der Waals surface area contributed by atoms with Crippen molar-refractivity contribution in [2.75, 3.05) is 40.3 Å². The molecule has 2 amide bonds. The third kappa shape index (κ3) is 19.9. The largest absolute Gasteiger partial charge is 1.00 e. The van der Waals surface area contributed by atoms with E-state index >= 15 is 0 Å². The van der Waals surface area contributed by atoms with Gasteiger partial charge in [0, 0.05) is 31.1 Å². The van der Waals surface area contributed by atoms with Gasteiger partial charge in [0.05, 0.1) is 20.6 Å². The maximum atomic E-state index is 12.6. The highest BCUT2D eigenvalue weighted by Crippen LogP contribution is 2.29. The molecule has 0 radical (unpaired) electrons. The molecular weight excluding hydrogens is 591 g/mol. The third-order valence-electron chi connectivity index (χ3n) is 4.55. The van der Waals surface area contributed by atoms with Gasteiger partial charge in [0.15, 0.2) is 31.5 Å². The molecule has 0 aliphatic rings. The molecule has 214 valence electrons. The number of amides is 2. The van der Waals surface area contributed by atoms with Crippen molar-refractivity contribution < 1.29 is 43.4 Å². The number of nitrogens with zero attached hydrogens (tertiary/aromatic N) is 1. The molecule has 36 heavy (non-hydrogen) atoms. The predicted molar refractivity (Wildman–Crippen MR) is 156 cm³/mol. The number of hydrogen-bond acceptors (Lipinski definition) is 5. The zero-order valence-electron chi connectivity index (χ0n) is 25.0. The third-order valence-corrected chi connectivity index (χ3v) is 16.6. The Kier molecular flexibility index (Phi) is 16.3. The minimum Gasteiger partial charge on any atom is -1.00 e. The second kappa shape index (κ2) is 15.5. The van der Waals surface area contributed by atoms with Gasteiger partial charge in [-0.15, -0.1) is 0 Å². The van der Waals surface area contributed by atoms with Gasteiger partial charge in [0.2, 0.25) is 5.91 Å². The summed E-state index contributed by atoms with van der Waals surface area (Å²) in [7, 11) is -4.51. The van der Waals surface area contributed by atoms with Gasteiger partial charge in [-0.3, -0.25) is 9.59 Å². The quantitative estimate of drug-likeness (QED) is 0.108. The van der Waals surface area contributed by atoms with Crippen molar-refractivity contribution in [3.8, 4) is 0 Å². The average Bonchev–Trinajstić information content (AvgIpc) is 2.57. The monoisotopic (exact) mass is 643 g/mol. The molecule has 0 spiro atoms. The minimum absolute atomic E-state index is 0. The Morgan fingerprint density at radius 1 is 0.778 bits per heavy atom. The summed E-state index contributed by atoms with van der Waals surface area (Å²) in [6.45, 7) is 27.3. The molecule has 0 saturated heterocycles. The Bertz CT molecular complexity index is 679. The molecule has 13 heteroatoms. The highest BCUT2D eigenvalue weighted by Gasteiger charge is 2.49. The fourth-order valence-electron chi connectivity index (χ4n) is 3.53. The van der Waals surface area contributed by atoms with Crippen LogP contribution >= 0.6 is 0 Å². The minimum atomic E-state index is -2.87. The Morgan fingerprint density at radius 2 is 1.19 bits per heavy atom. The van der Waals surface area contributed by atoms with Crippen molar-refractivity contribution in [2.45, 2.75) is 84.7 Å². The van der Waals surface area contributed by atoms with Crippen molar-refractivity contribution >= 4 is 45.6 Å². The zero-order valence-corrected chi connectivity index (χ0v) is 30.6. The molecule has 2 N–H and O–H groups in total.